The molecule has 0 aromatic heterocycles. The molecule has 5 heteroatoms. The van der Waals surface area contributed by atoms with E-state index in [0.717, 1.165) is 6.08 Å². The number of nitrogens with zero attached hydrogens (tertiary/aromatic N) is 1. The van der Waals surface area contributed by atoms with Gasteiger partial charge in [0.25, 0.3) is 0 Å². The Bertz CT molecular complexity index is 291. The third-order valence-corrected chi connectivity index (χ3v) is 1.81. The highest BCUT2D eigenvalue weighted by atomic mass is 16.6. The van der Waals surface area contributed by atoms with Crippen molar-refractivity contribution in [3.63, 3.8) is 0 Å². The second-order valence-corrected chi connectivity index (χ2v) is 4.53. The average Bonchev–Trinajstić information content (AvgIpc) is 2.10. The summed E-state index contributed by atoms with van der Waals surface area (Å²) >= 11 is 0. The lowest BCUT2D eigenvalue weighted by Gasteiger charge is -2.27. The zero-order chi connectivity index (χ0) is 12.9. The highest BCUT2D eigenvalue weighted by molar-refractivity contribution is 5.80. The van der Waals surface area contributed by atoms with Crippen molar-refractivity contribution in [3.05, 3.63) is 12.2 Å². The van der Waals surface area contributed by atoms with Crippen molar-refractivity contribution in [3.8, 4) is 0 Å². The van der Waals surface area contributed by atoms with Crippen LogP contribution in [-0.2, 0) is 9.53 Å². The van der Waals surface area contributed by atoms with Gasteiger partial charge in [-0.05, 0) is 27.7 Å². The van der Waals surface area contributed by atoms with Crippen molar-refractivity contribution in [1.82, 2.24) is 4.90 Å². The van der Waals surface area contributed by atoms with Crippen molar-refractivity contribution in [2.75, 3.05) is 7.05 Å². The quantitative estimate of drug-likeness (QED) is 0.750. The number of carbonyl (C=O) groups is 2. The van der Waals surface area contributed by atoms with Crippen molar-refractivity contribution >= 4 is 12.1 Å². The first-order valence-corrected chi connectivity index (χ1v) is 5.00. The molecule has 0 rings (SSSR count). The summed E-state index contributed by atoms with van der Waals surface area (Å²) in [6.07, 6.45) is 1.95. The van der Waals surface area contributed by atoms with E-state index in [-0.39, 0.29) is 6.04 Å². The molecule has 0 aliphatic heterocycles. The van der Waals surface area contributed by atoms with Crippen molar-refractivity contribution in [2.24, 2.45) is 0 Å². The maximum Gasteiger partial charge on any atom is 0.410 e. The van der Waals surface area contributed by atoms with Crippen molar-refractivity contribution in [2.45, 2.75) is 39.3 Å². The summed E-state index contributed by atoms with van der Waals surface area (Å²) in [5.74, 6) is -1.04. The van der Waals surface area contributed by atoms with Gasteiger partial charge in [-0.2, -0.15) is 0 Å². The van der Waals surface area contributed by atoms with Crippen LogP contribution in [0, 0.1) is 0 Å². The van der Waals surface area contributed by atoms with Crippen LogP contribution >= 0.6 is 0 Å². The molecule has 5 nitrogen and oxygen atoms in total. The molecule has 16 heavy (non-hydrogen) atoms. The number of ether oxygens (including phenoxy) is 1. The Labute approximate surface area is 95.7 Å². The van der Waals surface area contributed by atoms with E-state index in [9.17, 15) is 9.59 Å². The standard InChI is InChI=1S/C11H19NO4/c1-8(6-7-9(13)14)12(5)10(15)16-11(2,3)4/h6-8H,1-5H3,(H,13,14). The number of hydrogen-bond acceptors (Lipinski definition) is 3. The van der Waals surface area contributed by atoms with Gasteiger partial charge in [0.15, 0.2) is 0 Å². The number of hydrogen-bond donors (Lipinski definition) is 1. The Hall–Kier alpha value is -1.52. The molecule has 0 aliphatic rings. The predicted octanol–water partition coefficient (Wildman–Crippen LogP) is 1.88. The number of amides is 1. The van der Waals surface area contributed by atoms with Gasteiger partial charge >= 0.3 is 12.1 Å². The smallest absolute Gasteiger partial charge is 0.410 e. The number of carboxylic acids is 1. The fourth-order valence-electron chi connectivity index (χ4n) is 0.851. The van der Waals surface area contributed by atoms with Crippen LogP contribution in [-0.4, -0.2) is 40.8 Å². The van der Waals surface area contributed by atoms with Gasteiger partial charge in [0.05, 0.1) is 6.04 Å². The first-order valence-electron chi connectivity index (χ1n) is 5.00. The first-order chi connectivity index (χ1) is 7.13. The molecule has 0 bridgehead atoms. The van der Waals surface area contributed by atoms with Crippen LogP contribution in [0.3, 0.4) is 0 Å². The summed E-state index contributed by atoms with van der Waals surface area (Å²) in [5.41, 5.74) is -0.554. The van der Waals surface area contributed by atoms with E-state index in [2.05, 4.69) is 0 Å². The maximum atomic E-state index is 11.6. The topological polar surface area (TPSA) is 66.8 Å². The Morgan fingerprint density at radius 3 is 2.25 bits per heavy atom. The van der Waals surface area contributed by atoms with Gasteiger partial charge in [-0.25, -0.2) is 9.59 Å². The van der Waals surface area contributed by atoms with E-state index in [1.807, 2.05) is 0 Å². The van der Waals surface area contributed by atoms with Gasteiger partial charge in [-0.3, -0.25) is 0 Å². The molecular weight excluding hydrogens is 210 g/mol. The molecule has 0 fully saturated rings. The summed E-state index contributed by atoms with van der Waals surface area (Å²) in [5, 5.41) is 8.45. The number of likely N-dealkylation sites (N-methyl/N-ethyl adjacent to an activating group) is 1. The minimum Gasteiger partial charge on any atom is -0.478 e. The number of carbonyl (C=O) groups excluding carboxylic acids is 1. The van der Waals surface area contributed by atoms with Gasteiger partial charge in [0.1, 0.15) is 5.60 Å². The third kappa shape index (κ3) is 6.06. The van der Waals surface area contributed by atoms with Gasteiger partial charge in [0, 0.05) is 13.1 Å². The van der Waals surface area contributed by atoms with E-state index in [4.69, 9.17) is 9.84 Å². The maximum absolute atomic E-state index is 11.6. The van der Waals surface area contributed by atoms with Crippen LogP contribution in [0.1, 0.15) is 27.7 Å². The summed E-state index contributed by atoms with van der Waals surface area (Å²) in [6.45, 7) is 7.03. The van der Waals surface area contributed by atoms with Crippen LogP contribution < -0.4 is 0 Å². The Balaban J connectivity index is 4.38. The van der Waals surface area contributed by atoms with Crippen LogP contribution in [0.4, 0.5) is 4.79 Å². The highest BCUT2D eigenvalue weighted by Crippen LogP contribution is 2.10. The first kappa shape index (κ1) is 14.5. The van der Waals surface area contributed by atoms with E-state index in [1.165, 1.54) is 11.0 Å². The molecule has 0 saturated heterocycles. The monoisotopic (exact) mass is 229 g/mol. The largest absolute Gasteiger partial charge is 0.478 e. The molecule has 0 radical (unpaired) electrons. The lowest BCUT2D eigenvalue weighted by molar-refractivity contribution is -0.131. The molecule has 0 aromatic carbocycles. The SMILES string of the molecule is CC(C=CC(=O)O)N(C)C(=O)OC(C)(C)C. The van der Waals surface area contributed by atoms with Gasteiger partial charge in [-0.15, -0.1) is 0 Å². The molecule has 0 aliphatic carbocycles. The molecule has 1 unspecified atom stereocenters. The Morgan fingerprint density at radius 1 is 1.38 bits per heavy atom. The van der Waals surface area contributed by atoms with E-state index in [0.29, 0.717) is 0 Å². The fraction of sp³-hybridized carbons (Fsp3) is 0.636. The highest BCUT2D eigenvalue weighted by Gasteiger charge is 2.21. The molecule has 1 atom stereocenters. The van der Waals surface area contributed by atoms with E-state index in [1.54, 1.807) is 34.7 Å². The molecule has 92 valence electrons. The summed E-state index contributed by atoms with van der Waals surface area (Å²) in [6, 6.07) is -0.328. The third-order valence-electron chi connectivity index (χ3n) is 1.81. The van der Waals surface area contributed by atoms with Gasteiger partial charge in [0.2, 0.25) is 0 Å². The molecule has 0 aromatic rings. The van der Waals surface area contributed by atoms with Gasteiger partial charge < -0.3 is 14.7 Å². The number of rotatable bonds is 3. The van der Waals surface area contributed by atoms with E-state index < -0.39 is 17.7 Å². The van der Waals surface area contributed by atoms with Crippen molar-refractivity contribution in [1.29, 1.82) is 0 Å². The number of aliphatic carboxylic acids is 1. The molecule has 1 amide bonds. The summed E-state index contributed by atoms with van der Waals surface area (Å²) in [7, 11) is 1.56. The van der Waals surface area contributed by atoms with Crippen molar-refractivity contribution < 1.29 is 19.4 Å². The second kappa shape index (κ2) is 5.53. The minimum absolute atomic E-state index is 0.328. The predicted molar refractivity (Wildman–Crippen MR) is 60.2 cm³/mol. The minimum atomic E-state index is -1.04. The lowest BCUT2D eigenvalue weighted by Crippen LogP contribution is -2.38. The van der Waals surface area contributed by atoms with Gasteiger partial charge in [-0.1, -0.05) is 6.08 Å². The van der Waals surface area contributed by atoms with Crippen LogP contribution in [0.15, 0.2) is 12.2 Å². The summed E-state index contributed by atoms with van der Waals surface area (Å²) in [4.78, 5) is 23.2. The molecule has 0 saturated carbocycles. The summed E-state index contributed by atoms with van der Waals surface area (Å²) < 4.78 is 5.13. The lowest BCUT2D eigenvalue weighted by atomic mass is 10.2. The average molecular weight is 229 g/mol. The zero-order valence-corrected chi connectivity index (χ0v) is 10.4. The van der Waals surface area contributed by atoms with E-state index >= 15 is 0 Å². The van der Waals surface area contributed by atoms with Crippen LogP contribution in [0.2, 0.25) is 0 Å². The molecule has 1 N–H and O–H groups in total. The zero-order valence-electron chi connectivity index (χ0n) is 10.4. The normalized spacial score (nSPS) is 13.6. The van der Waals surface area contributed by atoms with Crippen LogP contribution in [0.25, 0.3) is 0 Å². The molecule has 0 spiro atoms. The van der Waals surface area contributed by atoms with Crippen LogP contribution in [0.5, 0.6) is 0 Å². The molecular formula is C11H19NO4. The Kier molecular flexibility index (Phi) is 5.01. The second-order valence-electron chi connectivity index (χ2n) is 4.53. The fourth-order valence-corrected chi connectivity index (χ4v) is 0.851. The molecule has 0 heterocycles. The Morgan fingerprint density at radius 2 is 1.88 bits per heavy atom. The number of carboxylic acid groups (broad SMARTS) is 1.